The van der Waals surface area contributed by atoms with Crippen LogP contribution in [0.15, 0.2) is 24.3 Å². The predicted octanol–water partition coefficient (Wildman–Crippen LogP) is 4.41. The second-order valence-electron chi connectivity index (χ2n) is 7.02. The van der Waals surface area contributed by atoms with Gasteiger partial charge in [-0.1, -0.05) is 13.3 Å². The zero-order valence-electron chi connectivity index (χ0n) is 15.9. The highest BCUT2D eigenvalue weighted by atomic mass is 32.1. The summed E-state index contributed by atoms with van der Waals surface area (Å²) in [5.74, 6) is 0.881. The minimum Gasteiger partial charge on any atom is -0.491 e. The molecule has 1 aromatic carbocycles. The average molecular weight is 364 g/mol. The molecule has 1 aromatic rings. The maximum Gasteiger partial charge on any atom is 0.170 e. The van der Waals surface area contributed by atoms with Crippen LogP contribution in [-0.4, -0.2) is 41.8 Å². The van der Waals surface area contributed by atoms with Gasteiger partial charge in [0.2, 0.25) is 0 Å². The molecule has 0 saturated carbocycles. The van der Waals surface area contributed by atoms with E-state index < -0.39 is 0 Å². The van der Waals surface area contributed by atoms with Gasteiger partial charge in [0.05, 0.1) is 6.10 Å². The summed E-state index contributed by atoms with van der Waals surface area (Å²) < 4.78 is 5.65. The second-order valence-corrected chi connectivity index (χ2v) is 7.43. The van der Waals surface area contributed by atoms with E-state index in [4.69, 9.17) is 17.0 Å². The fraction of sp³-hybridized carbons (Fsp3) is 0.650. The van der Waals surface area contributed by atoms with Crippen molar-refractivity contribution in [3.63, 3.8) is 0 Å². The lowest BCUT2D eigenvalue weighted by atomic mass is 10.00. The van der Waals surface area contributed by atoms with E-state index in [1.165, 1.54) is 32.2 Å². The maximum atomic E-state index is 5.65. The number of ether oxygens (including phenoxy) is 1. The van der Waals surface area contributed by atoms with Crippen LogP contribution in [0.3, 0.4) is 0 Å². The minimum absolute atomic E-state index is 0.189. The van der Waals surface area contributed by atoms with E-state index in [9.17, 15) is 0 Å². The van der Waals surface area contributed by atoms with Crippen molar-refractivity contribution in [1.29, 1.82) is 0 Å². The Bertz CT molecular complexity index is 518. The Morgan fingerprint density at radius 1 is 1.28 bits per heavy atom. The number of piperidine rings is 1. The summed E-state index contributed by atoms with van der Waals surface area (Å²) in [7, 11) is 0. The van der Waals surface area contributed by atoms with Crippen molar-refractivity contribution in [3.05, 3.63) is 24.3 Å². The molecule has 1 heterocycles. The summed E-state index contributed by atoms with van der Waals surface area (Å²) in [6.45, 7) is 9.68. The maximum absolute atomic E-state index is 5.65. The molecule has 1 aliphatic rings. The number of rotatable bonds is 8. The third-order valence-electron chi connectivity index (χ3n) is 4.61. The highest BCUT2D eigenvalue weighted by molar-refractivity contribution is 7.80. The minimum atomic E-state index is 0.189. The van der Waals surface area contributed by atoms with Gasteiger partial charge in [0.1, 0.15) is 5.75 Å². The lowest BCUT2D eigenvalue weighted by Crippen LogP contribution is -2.40. The zero-order valence-corrected chi connectivity index (χ0v) is 16.7. The Morgan fingerprint density at radius 2 is 2.04 bits per heavy atom. The van der Waals surface area contributed by atoms with Gasteiger partial charge < -0.3 is 20.3 Å². The van der Waals surface area contributed by atoms with E-state index in [1.54, 1.807) is 0 Å². The van der Waals surface area contributed by atoms with E-state index in [0.29, 0.717) is 5.11 Å². The van der Waals surface area contributed by atoms with Crippen LogP contribution < -0.4 is 15.4 Å². The van der Waals surface area contributed by atoms with Crippen LogP contribution in [-0.2, 0) is 0 Å². The summed E-state index contributed by atoms with van der Waals surface area (Å²) in [5, 5.41) is 7.23. The molecular weight excluding hydrogens is 330 g/mol. The van der Waals surface area contributed by atoms with Gasteiger partial charge in [0.25, 0.3) is 0 Å². The number of nitrogens with one attached hydrogen (secondary N) is 2. The molecule has 5 heteroatoms. The first kappa shape index (κ1) is 20.0. The van der Waals surface area contributed by atoms with Crippen LogP contribution in [0.1, 0.15) is 52.9 Å². The number of hydrogen-bond acceptors (Lipinski definition) is 3. The monoisotopic (exact) mass is 363 g/mol. The molecule has 0 aliphatic carbocycles. The second kappa shape index (κ2) is 10.6. The number of hydrogen-bond donors (Lipinski definition) is 2. The van der Waals surface area contributed by atoms with Crippen LogP contribution in [0.4, 0.5) is 5.69 Å². The van der Waals surface area contributed by atoms with Gasteiger partial charge in [0.15, 0.2) is 5.11 Å². The Morgan fingerprint density at radius 3 is 2.72 bits per heavy atom. The van der Waals surface area contributed by atoms with Gasteiger partial charge in [0, 0.05) is 24.8 Å². The fourth-order valence-electron chi connectivity index (χ4n) is 3.37. The number of anilines is 1. The third kappa shape index (κ3) is 7.20. The molecule has 140 valence electrons. The van der Waals surface area contributed by atoms with Crippen LogP contribution in [0.2, 0.25) is 0 Å². The lowest BCUT2D eigenvalue weighted by molar-refractivity contribution is 0.143. The Hall–Kier alpha value is -1.33. The number of thiocarbonyl (C=S) groups is 1. The molecule has 1 saturated heterocycles. The molecule has 4 nitrogen and oxygen atoms in total. The van der Waals surface area contributed by atoms with Crippen LogP contribution >= 0.6 is 12.2 Å². The summed E-state index contributed by atoms with van der Waals surface area (Å²) in [4.78, 5) is 2.65. The van der Waals surface area contributed by atoms with Gasteiger partial charge in [-0.3, -0.25) is 0 Å². The number of likely N-dealkylation sites (tertiary alicyclic amines) is 1. The molecule has 0 radical (unpaired) electrons. The molecule has 25 heavy (non-hydrogen) atoms. The topological polar surface area (TPSA) is 36.5 Å². The standard InChI is InChI=1S/C20H33N3OS/c1-4-18-8-5-6-14-23(18)15-7-13-21-20(25)22-17-9-11-19(12-10-17)24-16(2)3/h9-12,16,18H,4-8,13-15H2,1-3H3,(H2,21,22,25). The predicted molar refractivity (Wildman–Crippen MR) is 111 cm³/mol. The molecule has 0 spiro atoms. The molecule has 1 atom stereocenters. The van der Waals surface area contributed by atoms with Gasteiger partial charge in [-0.15, -0.1) is 0 Å². The molecule has 1 fully saturated rings. The van der Waals surface area contributed by atoms with Crippen LogP contribution in [0.5, 0.6) is 5.75 Å². The largest absolute Gasteiger partial charge is 0.491 e. The van der Waals surface area contributed by atoms with Crippen LogP contribution in [0, 0.1) is 0 Å². The highest BCUT2D eigenvalue weighted by Gasteiger charge is 2.19. The van der Waals surface area contributed by atoms with E-state index in [-0.39, 0.29) is 6.10 Å². The van der Waals surface area contributed by atoms with E-state index >= 15 is 0 Å². The molecule has 0 aromatic heterocycles. The summed E-state index contributed by atoms with van der Waals surface area (Å²) >= 11 is 5.39. The van der Waals surface area contributed by atoms with Gasteiger partial charge >= 0.3 is 0 Å². The Labute approximate surface area is 158 Å². The van der Waals surface area contributed by atoms with Crippen molar-refractivity contribution in [2.24, 2.45) is 0 Å². The first-order valence-electron chi connectivity index (χ1n) is 9.64. The molecule has 0 bridgehead atoms. The Kier molecular flexibility index (Phi) is 8.49. The van der Waals surface area contributed by atoms with E-state index in [2.05, 4.69) is 22.5 Å². The SMILES string of the molecule is CCC1CCCCN1CCCNC(=S)Nc1ccc(OC(C)C)cc1. The smallest absolute Gasteiger partial charge is 0.170 e. The quantitative estimate of drug-likeness (QED) is 0.528. The zero-order chi connectivity index (χ0) is 18.1. The number of nitrogens with zero attached hydrogens (tertiary/aromatic N) is 1. The summed E-state index contributed by atoms with van der Waals surface area (Å²) in [5.41, 5.74) is 0.982. The first-order chi connectivity index (χ1) is 12.1. The molecule has 2 rings (SSSR count). The first-order valence-corrected chi connectivity index (χ1v) is 10.0. The van der Waals surface area contributed by atoms with Crippen molar-refractivity contribution in [3.8, 4) is 5.75 Å². The average Bonchev–Trinajstić information content (AvgIpc) is 2.60. The third-order valence-corrected chi connectivity index (χ3v) is 4.86. The molecule has 0 amide bonds. The van der Waals surface area contributed by atoms with Crippen molar-refractivity contribution in [1.82, 2.24) is 10.2 Å². The Balaban J connectivity index is 1.65. The molecule has 1 unspecified atom stereocenters. The van der Waals surface area contributed by atoms with E-state index in [1.807, 2.05) is 38.1 Å². The fourth-order valence-corrected chi connectivity index (χ4v) is 3.58. The van der Waals surface area contributed by atoms with Crippen molar-refractivity contribution < 1.29 is 4.74 Å². The summed E-state index contributed by atoms with van der Waals surface area (Å²) in [6.07, 6.45) is 6.68. The van der Waals surface area contributed by atoms with Crippen molar-refractivity contribution in [2.75, 3.05) is 25.0 Å². The van der Waals surface area contributed by atoms with Gasteiger partial charge in [-0.25, -0.2) is 0 Å². The highest BCUT2D eigenvalue weighted by Crippen LogP contribution is 2.19. The van der Waals surface area contributed by atoms with Crippen molar-refractivity contribution >= 4 is 23.0 Å². The van der Waals surface area contributed by atoms with Crippen molar-refractivity contribution in [2.45, 2.75) is 65.0 Å². The van der Waals surface area contributed by atoms with Crippen LogP contribution in [0.25, 0.3) is 0 Å². The molecule has 1 aliphatic heterocycles. The van der Waals surface area contributed by atoms with Gasteiger partial charge in [-0.2, -0.15) is 0 Å². The molecule has 2 N–H and O–H groups in total. The normalized spacial score (nSPS) is 18.2. The number of benzene rings is 1. The summed E-state index contributed by atoms with van der Waals surface area (Å²) in [6, 6.07) is 8.69. The lowest BCUT2D eigenvalue weighted by Gasteiger charge is -2.35. The van der Waals surface area contributed by atoms with Gasteiger partial charge in [-0.05, 0) is 82.6 Å². The van der Waals surface area contributed by atoms with E-state index in [0.717, 1.165) is 37.0 Å². The molecular formula is C20H33N3OS.